The number of nitrogens with one attached hydrogen (secondary N) is 1. The van der Waals surface area contributed by atoms with Gasteiger partial charge in [0.25, 0.3) is 0 Å². The van der Waals surface area contributed by atoms with Gasteiger partial charge in [-0.15, -0.1) is 11.3 Å². The average molecular weight is 249 g/mol. The minimum Gasteiger partial charge on any atom is -0.352 e. The van der Waals surface area contributed by atoms with Crippen LogP contribution in [0.4, 0.5) is 0 Å². The van der Waals surface area contributed by atoms with Crippen LogP contribution in [-0.2, 0) is 17.8 Å². The van der Waals surface area contributed by atoms with E-state index >= 15 is 0 Å². The zero-order valence-corrected chi connectivity index (χ0v) is 10.5. The van der Waals surface area contributed by atoms with E-state index in [-0.39, 0.29) is 11.9 Å². The number of amides is 1. The van der Waals surface area contributed by atoms with Gasteiger partial charge in [-0.2, -0.15) is 0 Å². The SMILES string of the molecule is C[C@@H](Cn1ccnc1)NC(=O)Cc1cccs1. The highest BCUT2D eigenvalue weighted by molar-refractivity contribution is 7.10. The number of hydrogen-bond acceptors (Lipinski definition) is 3. The summed E-state index contributed by atoms with van der Waals surface area (Å²) >= 11 is 1.61. The molecule has 4 nitrogen and oxygen atoms in total. The zero-order valence-electron chi connectivity index (χ0n) is 9.67. The Morgan fingerprint density at radius 1 is 1.65 bits per heavy atom. The van der Waals surface area contributed by atoms with Crippen molar-refractivity contribution in [2.75, 3.05) is 0 Å². The minimum atomic E-state index is 0.0695. The van der Waals surface area contributed by atoms with Crippen LogP contribution in [0.25, 0.3) is 0 Å². The molecule has 2 rings (SSSR count). The van der Waals surface area contributed by atoms with Crippen LogP contribution in [0.5, 0.6) is 0 Å². The van der Waals surface area contributed by atoms with Gasteiger partial charge in [0.05, 0.1) is 12.7 Å². The number of aromatic nitrogens is 2. The highest BCUT2D eigenvalue weighted by Gasteiger charge is 2.08. The first-order valence-corrected chi connectivity index (χ1v) is 6.39. The number of imidazole rings is 1. The molecule has 0 saturated heterocycles. The third kappa shape index (κ3) is 3.71. The first kappa shape index (κ1) is 11.9. The zero-order chi connectivity index (χ0) is 12.1. The van der Waals surface area contributed by atoms with Crippen molar-refractivity contribution in [2.24, 2.45) is 0 Å². The van der Waals surface area contributed by atoms with Gasteiger partial charge in [-0.05, 0) is 18.4 Å². The van der Waals surface area contributed by atoms with Gasteiger partial charge < -0.3 is 9.88 Å². The van der Waals surface area contributed by atoms with Crippen molar-refractivity contribution in [3.63, 3.8) is 0 Å². The van der Waals surface area contributed by atoms with Crippen LogP contribution in [0.1, 0.15) is 11.8 Å². The van der Waals surface area contributed by atoms with Crippen LogP contribution >= 0.6 is 11.3 Å². The van der Waals surface area contributed by atoms with Crippen LogP contribution in [0, 0.1) is 0 Å². The lowest BCUT2D eigenvalue weighted by molar-refractivity contribution is -0.121. The van der Waals surface area contributed by atoms with Gasteiger partial charge >= 0.3 is 0 Å². The third-order valence-corrected chi connectivity index (χ3v) is 3.24. The van der Waals surface area contributed by atoms with Gasteiger partial charge in [-0.3, -0.25) is 4.79 Å². The quantitative estimate of drug-likeness (QED) is 0.876. The normalized spacial score (nSPS) is 12.3. The minimum absolute atomic E-state index is 0.0695. The highest BCUT2D eigenvalue weighted by atomic mass is 32.1. The van der Waals surface area contributed by atoms with Crippen molar-refractivity contribution in [2.45, 2.75) is 25.9 Å². The standard InChI is InChI=1S/C12H15N3OS/c1-10(8-15-5-4-13-9-15)14-12(16)7-11-3-2-6-17-11/h2-6,9-10H,7-8H2,1H3,(H,14,16)/t10-/m0/s1. The number of carbonyl (C=O) groups excluding carboxylic acids is 1. The molecule has 90 valence electrons. The number of nitrogens with zero attached hydrogens (tertiary/aromatic N) is 2. The number of hydrogen-bond donors (Lipinski definition) is 1. The smallest absolute Gasteiger partial charge is 0.225 e. The maximum Gasteiger partial charge on any atom is 0.225 e. The molecule has 1 N–H and O–H groups in total. The molecule has 0 bridgehead atoms. The Kier molecular flexibility index (Phi) is 3.93. The predicted octanol–water partition coefficient (Wildman–Crippen LogP) is 1.69. The topological polar surface area (TPSA) is 46.9 Å². The fraction of sp³-hybridized carbons (Fsp3) is 0.333. The lowest BCUT2D eigenvalue weighted by atomic mass is 10.3. The molecular weight excluding hydrogens is 234 g/mol. The number of rotatable bonds is 5. The summed E-state index contributed by atoms with van der Waals surface area (Å²) in [5.74, 6) is 0.0695. The summed E-state index contributed by atoms with van der Waals surface area (Å²) in [6.45, 7) is 2.74. The first-order valence-electron chi connectivity index (χ1n) is 5.51. The second kappa shape index (κ2) is 5.63. The van der Waals surface area contributed by atoms with Crippen molar-refractivity contribution >= 4 is 17.2 Å². The highest BCUT2D eigenvalue weighted by Crippen LogP contribution is 2.08. The predicted molar refractivity (Wildman–Crippen MR) is 67.9 cm³/mol. The van der Waals surface area contributed by atoms with Crippen molar-refractivity contribution in [3.8, 4) is 0 Å². The van der Waals surface area contributed by atoms with Crippen molar-refractivity contribution in [1.82, 2.24) is 14.9 Å². The van der Waals surface area contributed by atoms with Crippen molar-refractivity contribution < 1.29 is 4.79 Å². The second-order valence-electron chi connectivity index (χ2n) is 3.98. The van der Waals surface area contributed by atoms with Gasteiger partial charge in [-0.1, -0.05) is 6.07 Å². The Balaban J connectivity index is 1.78. The van der Waals surface area contributed by atoms with Crippen LogP contribution in [0.2, 0.25) is 0 Å². The van der Waals surface area contributed by atoms with Gasteiger partial charge in [0, 0.05) is 29.9 Å². The van der Waals surface area contributed by atoms with E-state index in [4.69, 9.17) is 0 Å². The first-order chi connectivity index (χ1) is 8.24. The molecule has 1 atom stereocenters. The fourth-order valence-corrected chi connectivity index (χ4v) is 2.36. The monoisotopic (exact) mass is 249 g/mol. The summed E-state index contributed by atoms with van der Waals surface area (Å²) in [4.78, 5) is 16.8. The van der Waals surface area contributed by atoms with E-state index in [9.17, 15) is 4.79 Å². The van der Waals surface area contributed by atoms with E-state index in [1.54, 1.807) is 23.9 Å². The fourth-order valence-electron chi connectivity index (χ4n) is 1.65. The maximum absolute atomic E-state index is 11.7. The summed E-state index contributed by atoms with van der Waals surface area (Å²) in [7, 11) is 0. The summed E-state index contributed by atoms with van der Waals surface area (Å²) in [5.41, 5.74) is 0. The molecular formula is C12H15N3OS. The van der Waals surface area contributed by atoms with Crippen LogP contribution in [0.3, 0.4) is 0 Å². The van der Waals surface area contributed by atoms with Gasteiger partial charge in [0.15, 0.2) is 0 Å². The molecule has 0 saturated carbocycles. The summed E-state index contributed by atoms with van der Waals surface area (Å²) < 4.78 is 1.95. The molecule has 0 spiro atoms. The summed E-state index contributed by atoms with van der Waals surface area (Å²) in [6, 6.07) is 4.05. The van der Waals surface area contributed by atoms with Crippen molar-refractivity contribution in [3.05, 3.63) is 41.1 Å². The lowest BCUT2D eigenvalue weighted by Gasteiger charge is -2.13. The van der Waals surface area contributed by atoms with E-state index in [2.05, 4.69) is 10.3 Å². The average Bonchev–Trinajstić information content (AvgIpc) is 2.90. The molecule has 1 amide bonds. The Morgan fingerprint density at radius 2 is 2.53 bits per heavy atom. The van der Waals surface area contributed by atoms with E-state index in [1.807, 2.05) is 35.2 Å². The molecule has 17 heavy (non-hydrogen) atoms. The Labute approximate surface area is 104 Å². The Morgan fingerprint density at radius 3 is 3.18 bits per heavy atom. The molecule has 0 aliphatic carbocycles. The molecule has 0 unspecified atom stereocenters. The molecule has 0 radical (unpaired) electrons. The van der Waals surface area contributed by atoms with Gasteiger partial charge in [0.2, 0.25) is 5.91 Å². The molecule has 0 fully saturated rings. The van der Waals surface area contributed by atoms with Crippen LogP contribution in [0.15, 0.2) is 36.2 Å². The molecule has 2 aromatic rings. The maximum atomic E-state index is 11.7. The molecule has 0 aromatic carbocycles. The third-order valence-electron chi connectivity index (χ3n) is 2.37. The molecule has 2 heterocycles. The molecule has 0 aliphatic heterocycles. The van der Waals surface area contributed by atoms with Crippen molar-refractivity contribution in [1.29, 1.82) is 0 Å². The Hall–Kier alpha value is -1.62. The van der Waals surface area contributed by atoms with E-state index in [1.165, 1.54) is 0 Å². The summed E-state index contributed by atoms with van der Waals surface area (Å²) in [5, 5.41) is 4.96. The van der Waals surface area contributed by atoms with E-state index < -0.39 is 0 Å². The van der Waals surface area contributed by atoms with Gasteiger partial charge in [0.1, 0.15) is 0 Å². The van der Waals surface area contributed by atoms with E-state index in [0.717, 1.165) is 11.4 Å². The molecule has 5 heteroatoms. The van der Waals surface area contributed by atoms with Gasteiger partial charge in [-0.25, -0.2) is 4.98 Å². The van der Waals surface area contributed by atoms with Crippen LogP contribution < -0.4 is 5.32 Å². The second-order valence-corrected chi connectivity index (χ2v) is 5.02. The van der Waals surface area contributed by atoms with Crippen LogP contribution in [-0.4, -0.2) is 21.5 Å². The number of carbonyl (C=O) groups is 1. The molecule has 2 aromatic heterocycles. The Bertz CT molecular complexity index is 450. The lowest BCUT2D eigenvalue weighted by Crippen LogP contribution is -2.36. The molecule has 0 aliphatic rings. The summed E-state index contributed by atoms with van der Waals surface area (Å²) in [6.07, 6.45) is 5.84. The van der Waals surface area contributed by atoms with E-state index in [0.29, 0.717) is 6.42 Å². The number of thiophene rings is 1. The largest absolute Gasteiger partial charge is 0.352 e.